The van der Waals surface area contributed by atoms with Crippen LogP contribution in [0.3, 0.4) is 0 Å². The van der Waals surface area contributed by atoms with E-state index in [-0.39, 0.29) is 12.8 Å². The maximum atomic E-state index is 12.9. The van der Waals surface area contributed by atoms with Crippen molar-refractivity contribution in [2.24, 2.45) is 0 Å². The third kappa shape index (κ3) is 36.9. The van der Waals surface area contributed by atoms with E-state index in [4.69, 9.17) is 18.5 Å². The lowest BCUT2D eigenvalue weighted by Gasteiger charge is -2.41. The number of esters is 2. The summed E-state index contributed by atoms with van der Waals surface area (Å²) in [5.74, 6) is -1.10. The Labute approximate surface area is 425 Å². The molecule has 410 valence electrons. The molecule has 0 saturated heterocycles. The fraction of sp³-hybridized carbons (Fsp3) is 0.857. The molecule has 6 atom stereocenters. The van der Waals surface area contributed by atoms with E-state index >= 15 is 0 Å². The Morgan fingerprint density at radius 2 is 0.814 bits per heavy atom. The van der Waals surface area contributed by atoms with Gasteiger partial charge < -0.3 is 39.9 Å². The van der Waals surface area contributed by atoms with Gasteiger partial charge in [0, 0.05) is 12.8 Å². The van der Waals surface area contributed by atoms with Crippen LogP contribution in [0.25, 0.3) is 0 Å². The first kappa shape index (κ1) is 66.1. The summed E-state index contributed by atoms with van der Waals surface area (Å²) in [5.41, 5.74) is 0. The normalized spacial score (nSPS) is 21.0. The van der Waals surface area contributed by atoms with Crippen LogP contribution in [0, 0.1) is 0 Å². The highest BCUT2D eigenvalue weighted by atomic mass is 31.2. The molecule has 1 aliphatic rings. The number of carbonyl (C=O) groups excluding carboxylic acids is 2. The number of hydrogen-bond acceptors (Lipinski definition) is 12. The minimum Gasteiger partial charge on any atom is -0.462 e. The lowest BCUT2D eigenvalue weighted by atomic mass is 9.85. The molecule has 0 aromatic carbocycles. The van der Waals surface area contributed by atoms with Crippen LogP contribution in [0.5, 0.6) is 0 Å². The zero-order valence-corrected chi connectivity index (χ0v) is 45.0. The van der Waals surface area contributed by atoms with E-state index in [0.717, 1.165) is 83.5 Å². The number of ether oxygens (including phenoxy) is 2. The zero-order valence-electron chi connectivity index (χ0n) is 44.1. The van der Waals surface area contributed by atoms with Crippen molar-refractivity contribution in [2.75, 3.05) is 13.2 Å². The van der Waals surface area contributed by atoms with Crippen molar-refractivity contribution in [1.82, 2.24) is 0 Å². The van der Waals surface area contributed by atoms with Gasteiger partial charge in [0.05, 0.1) is 6.61 Å². The summed E-state index contributed by atoms with van der Waals surface area (Å²) in [6, 6.07) is 0. The van der Waals surface area contributed by atoms with Crippen molar-refractivity contribution in [3.8, 4) is 0 Å². The van der Waals surface area contributed by atoms with Gasteiger partial charge in [-0.15, -0.1) is 0 Å². The molecule has 0 aromatic heterocycles. The summed E-state index contributed by atoms with van der Waals surface area (Å²) in [4.78, 5) is 35.9. The van der Waals surface area contributed by atoms with Gasteiger partial charge in [0.25, 0.3) is 0 Å². The van der Waals surface area contributed by atoms with E-state index in [0.29, 0.717) is 12.8 Å². The number of rotatable bonds is 48. The van der Waals surface area contributed by atoms with Crippen LogP contribution in [-0.4, -0.2) is 98.3 Å². The highest BCUT2D eigenvalue weighted by Crippen LogP contribution is 2.47. The van der Waals surface area contributed by atoms with Gasteiger partial charge >= 0.3 is 19.8 Å². The highest BCUT2D eigenvalue weighted by molar-refractivity contribution is 7.47. The number of aliphatic hydroxyl groups is 5. The lowest BCUT2D eigenvalue weighted by molar-refractivity contribution is -0.220. The fourth-order valence-corrected chi connectivity index (χ4v) is 9.75. The minimum absolute atomic E-state index is 0.0873. The summed E-state index contributed by atoms with van der Waals surface area (Å²) in [6.07, 6.45) is 42.0. The summed E-state index contributed by atoms with van der Waals surface area (Å²) in [7, 11) is -5.13. The van der Waals surface area contributed by atoms with Crippen LogP contribution < -0.4 is 0 Å². The van der Waals surface area contributed by atoms with Crippen molar-refractivity contribution in [3.05, 3.63) is 36.5 Å². The van der Waals surface area contributed by atoms with Crippen molar-refractivity contribution in [2.45, 2.75) is 294 Å². The van der Waals surface area contributed by atoms with Crippen LogP contribution in [0.2, 0.25) is 0 Å². The average molecular weight is 1020 g/mol. The number of carbonyl (C=O) groups is 2. The molecule has 1 saturated carbocycles. The lowest BCUT2D eigenvalue weighted by Crippen LogP contribution is -2.64. The van der Waals surface area contributed by atoms with E-state index in [1.165, 1.54) is 128 Å². The van der Waals surface area contributed by atoms with Gasteiger partial charge in [-0.3, -0.25) is 18.6 Å². The van der Waals surface area contributed by atoms with E-state index in [1.54, 1.807) is 0 Å². The van der Waals surface area contributed by atoms with Crippen molar-refractivity contribution in [1.29, 1.82) is 0 Å². The number of phosphoric ester groups is 1. The topological polar surface area (TPSA) is 210 Å². The molecular weight excluding hydrogens is 912 g/mol. The number of unbranched alkanes of at least 4 members (excludes halogenated alkanes) is 30. The Bertz CT molecular complexity index is 1360. The standard InChI is InChI=1S/C56H103O13P/c1-3-5-7-9-11-13-15-17-19-21-22-23-24-25-26-27-29-30-32-34-36-38-40-42-44-49(57)66-46-48(47-67-70(64,65)69-56-54(62)52(60)51(59)53(61)55(56)63)68-50(58)45-43-41-39-37-35-33-31-28-20-18-16-14-12-10-8-6-4-2/h6,8,12,14,18,20,48,51-56,59-63H,3-5,7,9-11,13,15-17,19,21-47H2,1-2H3,(H,64,65)/b8-6-,14-12-,20-18-. The maximum Gasteiger partial charge on any atom is 0.472 e. The van der Waals surface area contributed by atoms with Gasteiger partial charge in [0.15, 0.2) is 6.10 Å². The smallest absolute Gasteiger partial charge is 0.462 e. The molecule has 0 radical (unpaired) electrons. The summed E-state index contributed by atoms with van der Waals surface area (Å²) in [5, 5.41) is 50.3. The Morgan fingerprint density at radius 3 is 1.24 bits per heavy atom. The fourth-order valence-electron chi connectivity index (χ4n) is 8.78. The van der Waals surface area contributed by atoms with Gasteiger partial charge in [-0.2, -0.15) is 0 Å². The predicted octanol–water partition coefficient (Wildman–Crippen LogP) is 12.9. The number of phosphoric acid groups is 1. The Kier molecular flexibility index (Phi) is 43.1. The van der Waals surface area contributed by atoms with Crippen LogP contribution in [0.4, 0.5) is 0 Å². The van der Waals surface area contributed by atoms with Crippen LogP contribution in [0.1, 0.15) is 251 Å². The largest absolute Gasteiger partial charge is 0.472 e. The third-order valence-corrected chi connectivity index (χ3v) is 14.2. The molecule has 14 heteroatoms. The van der Waals surface area contributed by atoms with Crippen LogP contribution in [0.15, 0.2) is 36.5 Å². The van der Waals surface area contributed by atoms with Crippen LogP contribution in [-0.2, 0) is 32.7 Å². The van der Waals surface area contributed by atoms with E-state index in [2.05, 4.69) is 50.3 Å². The minimum atomic E-state index is -5.13. The quantitative estimate of drug-likeness (QED) is 0.0145. The maximum absolute atomic E-state index is 12.9. The molecule has 1 rings (SSSR count). The van der Waals surface area contributed by atoms with Gasteiger partial charge in [-0.25, -0.2) is 4.57 Å². The molecule has 6 unspecified atom stereocenters. The molecule has 1 aliphatic carbocycles. The molecule has 6 N–H and O–H groups in total. The van der Waals surface area contributed by atoms with Gasteiger partial charge in [0.2, 0.25) is 0 Å². The van der Waals surface area contributed by atoms with E-state index in [9.17, 15) is 44.6 Å². The second-order valence-corrected chi connectivity index (χ2v) is 21.2. The molecular formula is C56H103O13P. The van der Waals surface area contributed by atoms with Crippen molar-refractivity contribution >= 4 is 19.8 Å². The van der Waals surface area contributed by atoms with Crippen LogP contribution >= 0.6 is 7.82 Å². The van der Waals surface area contributed by atoms with E-state index < -0.39 is 75.7 Å². The molecule has 70 heavy (non-hydrogen) atoms. The molecule has 0 spiro atoms. The first-order valence-electron chi connectivity index (χ1n) is 28.3. The molecule has 1 fully saturated rings. The molecule has 13 nitrogen and oxygen atoms in total. The summed E-state index contributed by atoms with van der Waals surface area (Å²) >= 11 is 0. The predicted molar refractivity (Wildman–Crippen MR) is 281 cm³/mol. The molecule has 0 bridgehead atoms. The molecule has 0 aromatic rings. The zero-order chi connectivity index (χ0) is 51.3. The Hall–Kier alpha value is -1.93. The Balaban J connectivity index is 2.31. The SMILES string of the molecule is CC/C=C\C/C=C\C/C=C\CCCCCCCCCC(=O)OC(COC(=O)CCCCCCCCCCCCCCCCCCCCCCCCCC)COP(=O)(O)OC1C(O)C(O)C(O)C(O)C1O. The second-order valence-electron chi connectivity index (χ2n) is 19.8. The number of hydrogen-bond donors (Lipinski definition) is 6. The molecule has 0 heterocycles. The summed E-state index contributed by atoms with van der Waals surface area (Å²) < 4.78 is 33.7. The monoisotopic (exact) mass is 1010 g/mol. The second kappa shape index (κ2) is 45.7. The van der Waals surface area contributed by atoms with Gasteiger partial charge in [-0.1, -0.05) is 230 Å². The first-order valence-corrected chi connectivity index (χ1v) is 29.8. The van der Waals surface area contributed by atoms with Gasteiger partial charge in [-0.05, 0) is 44.9 Å². The Morgan fingerprint density at radius 1 is 0.457 bits per heavy atom. The third-order valence-electron chi connectivity index (χ3n) is 13.2. The number of aliphatic hydroxyl groups excluding tert-OH is 5. The number of allylic oxidation sites excluding steroid dienone is 6. The van der Waals surface area contributed by atoms with Gasteiger partial charge in [0.1, 0.15) is 43.2 Å². The summed E-state index contributed by atoms with van der Waals surface area (Å²) in [6.45, 7) is 3.23. The first-order chi connectivity index (χ1) is 33.9. The highest BCUT2D eigenvalue weighted by Gasteiger charge is 2.51. The van der Waals surface area contributed by atoms with Crippen molar-refractivity contribution < 1.29 is 63.1 Å². The van der Waals surface area contributed by atoms with Crippen molar-refractivity contribution in [3.63, 3.8) is 0 Å². The molecule has 0 amide bonds. The molecule has 0 aliphatic heterocycles. The average Bonchev–Trinajstić information content (AvgIpc) is 3.34. The van der Waals surface area contributed by atoms with E-state index in [1.807, 2.05) is 0 Å².